The van der Waals surface area contributed by atoms with Crippen molar-refractivity contribution in [3.8, 4) is 0 Å². The Morgan fingerprint density at radius 1 is 1.32 bits per heavy atom. The fourth-order valence-corrected chi connectivity index (χ4v) is 1.64. The summed E-state index contributed by atoms with van der Waals surface area (Å²) in [5, 5.41) is 9.76. The van der Waals surface area contributed by atoms with Crippen molar-refractivity contribution in [2.45, 2.75) is 19.9 Å². The molecule has 0 unspecified atom stereocenters. The number of benzene rings is 1. The molecule has 100 valence electrons. The molecule has 2 N–H and O–H groups in total. The van der Waals surface area contributed by atoms with Crippen LogP contribution in [0, 0.1) is 0 Å². The van der Waals surface area contributed by atoms with Gasteiger partial charge in [-0.25, -0.2) is 0 Å². The fourth-order valence-electron chi connectivity index (χ4n) is 1.64. The van der Waals surface area contributed by atoms with E-state index in [4.69, 9.17) is 0 Å². The van der Waals surface area contributed by atoms with Crippen LogP contribution in [0.4, 0.5) is 5.69 Å². The number of hydrogen-bond donors (Lipinski definition) is 2. The minimum atomic E-state index is -0.0639. The van der Waals surface area contributed by atoms with Gasteiger partial charge in [0.25, 0.3) is 0 Å². The van der Waals surface area contributed by atoms with Crippen molar-refractivity contribution in [2.24, 2.45) is 0 Å². The van der Waals surface area contributed by atoms with Gasteiger partial charge in [-0.15, -0.1) is 0 Å². The number of carbonyl (C=O) groups is 1. The molecule has 2 aromatic rings. The maximum Gasteiger partial charge on any atom is 0.221 e. The van der Waals surface area contributed by atoms with E-state index in [9.17, 15) is 4.79 Å². The Balaban J connectivity index is 1.72. The Morgan fingerprint density at radius 2 is 2.11 bits per heavy atom. The molecule has 0 atom stereocenters. The summed E-state index contributed by atoms with van der Waals surface area (Å²) in [6.07, 6.45) is 2.07. The molecule has 0 saturated heterocycles. The summed E-state index contributed by atoms with van der Waals surface area (Å²) in [5.74, 6) is 0.638. The van der Waals surface area contributed by atoms with Gasteiger partial charge in [0.15, 0.2) is 5.82 Å². The van der Waals surface area contributed by atoms with E-state index in [-0.39, 0.29) is 5.91 Å². The molecule has 1 aromatic carbocycles. The molecule has 0 saturated carbocycles. The predicted molar refractivity (Wildman–Crippen MR) is 70.5 cm³/mol. The summed E-state index contributed by atoms with van der Waals surface area (Å²) >= 11 is 0. The van der Waals surface area contributed by atoms with Gasteiger partial charge in [0.1, 0.15) is 0 Å². The number of amides is 1. The van der Waals surface area contributed by atoms with Crippen molar-refractivity contribution in [2.75, 3.05) is 11.9 Å². The van der Waals surface area contributed by atoms with E-state index < -0.39 is 0 Å². The van der Waals surface area contributed by atoms with Gasteiger partial charge in [0.2, 0.25) is 12.3 Å². The second-order valence-electron chi connectivity index (χ2n) is 4.15. The van der Waals surface area contributed by atoms with Crippen LogP contribution in [0.3, 0.4) is 0 Å². The van der Waals surface area contributed by atoms with E-state index >= 15 is 0 Å². The van der Waals surface area contributed by atoms with Crippen molar-refractivity contribution < 1.29 is 9.32 Å². The van der Waals surface area contributed by atoms with Crippen molar-refractivity contribution in [3.05, 3.63) is 42.0 Å². The van der Waals surface area contributed by atoms with Gasteiger partial charge in [0.05, 0.1) is 0 Å². The minimum absolute atomic E-state index is 0.0639. The van der Waals surface area contributed by atoms with E-state index in [2.05, 4.69) is 25.3 Å². The minimum Gasteiger partial charge on any atom is -0.343 e. The first-order valence-electron chi connectivity index (χ1n) is 6.06. The molecule has 0 fully saturated rings. The normalized spacial score (nSPS) is 10.4. The van der Waals surface area contributed by atoms with Crippen LogP contribution in [-0.4, -0.2) is 22.6 Å². The number of rotatable bonds is 6. The molecule has 1 heterocycles. The third-order valence-electron chi connectivity index (χ3n) is 2.54. The lowest BCUT2D eigenvalue weighted by molar-refractivity contribution is -0.114. The lowest BCUT2D eigenvalue weighted by Gasteiger charge is -2.05. The molecule has 0 radical (unpaired) electrons. The van der Waals surface area contributed by atoms with Gasteiger partial charge in [-0.3, -0.25) is 4.79 Å². The van der Waals surface area contributed by atoms with Crippen LogP contribution in [0.25, 0.3) is 0 Å². The molecule has 2 rings (SSSR count). The molecule has 0 bridgehead atoms. The maximum atomic E-state index is 10.9. The van der Waals surface area contributed by atoms with Crippen molar-refractivity contribution >= 4 is 11.6 Å². The zero-order chi connectivity index (χ0) is 13.5. The Hall–Kier alpha value is -2.21. The molecule has 0 aliphatic carbocycles. The standard InChI is InChI=1S/C13H16N4O2/c1-10(18)16-12-4-2-11(3-5-12)8-14-7-6-13-15-9-19-17-13/h2-5,9,14H,6-8H2,1H3,(H,16,18). The van der Waals surface area contributed by atoms with Gasteiger partial charge < -0.3 is 15.2 Å². The summed E-state index contributed by atoms with van der Waals surface area (Å²) in [6, 6.07) is 7.73. The fraction of sp³-hybridized carbons (Fsp3) is 0.308. The first-order valence-corrected chi connectivity index (χ1v) is 6.06. The first-order chi connectivity index (χ1) is 9.24. The monoisotopic (exact) mass is 260 g/mol. The Bertz CT molecular complexity index is 508. The first kappa shape index (κ1) is 13.2. The van der Waals surface area contributed by atoms with Gasteiger partial charge in [-0.1, -0.05) is 17.3 Å². The smallest absolute Gasteiger partial charge is 0.221 e. The van der Waals surface area contributed by atoms with Crippen molar-refractivity contribution in [3.63, 3.8) is 0 Å². The number of nitrogens with one attached hydrogen (secondary N) is 2. The predicted octanol–water partition coefficient (Wildman–Crippen LogP) is 1.36. The summed E-state index contributed by atoms with van der Waals surface area (Å²) in [4.78, 5) is 14.8. The lowest BCUT2D eigenvalue weighted by Crippen LogP contribution is -2.17. The van der Waals surface area contributed by atoms with Crippen molar-refractivity contribution in [1.29, 1.82) is 0 Å². The zero-order valence-corrected chi connectivity index (χ0v) is 10.7. The van der Waals surface area contributed by atoms with E-state index in [1.807, 2.05) is 24.3 Å². The second-order valence-corrected chi connectivity index (χ2v) is 4.15. The SMILES string of the molecule is CC(=O)Nc1ccc(CNCCc2ncon2)cc1. The molecule has 6 nitrogen and oxygen atoms in total. The third kappa shape index (κ3) is 4.51. The number of hydrogen-bond acceptors (Lipinski definition) is 5. The highest BCUT2D eigenvalue weighted by Crippen LogP contribution is 2.09. The summed E-state index contributed by atoms with van der Waals surface area (Å²) < 4.78 is 4.65. The number of carbonyl (C=O) groups excluding carboxylic acids is 1. The van der Waals surface area contributed by atoms with Gasteiger partial charge in [-0.2, -0.15) is 4.98 Å². The molecule has 6 heteroatoms. The molecule has 1 amide bonds. The van der Waals surface area contributed by atoms with Crippen LogP contribution in [0.15, 0.2) is 35.2 Å². The van der Waals surface area contributed by atoms with E-state index in [0.717, 1.165) is 30.8 Å². The Labute approximate surface area is 111 Å². The van der Waals surface area contributed by atoms with Crippen molar-refractivity contribution in [1.82, 2.24) is 15.5 Å². The molecular formula is C13H16N4O2. The molecule has 19 heavy (non-hydrogen) atoms. The highest BCUT2D eigenvalue weighted by Gasteiger charge is 1.99. The average molecular weight is 260 g/mol. The van der Waals surface area contributed by atoms with Gasteiger partial charge >= 0.3 is 0 Å². The molecular weight excluding hydrogens is 244 g/mol. The Kier molecular flexibility index (Phi) is 4.63. The quantitative estimate of drug-likeness (QED) is 0.767. The summed E-state index contributed by atoms with van der Waals surface area (Å²) in [6.45, 7) is 3.04. The summed E-state index contributed by atoms with van der Waals surface area (Å²) in [5.41, 5.74) is 1.96. The number of aromatic nitrogens is 2. The van der Waals surface area contributed by atoms with Crippen LogP contribution < -0.4 is 10.6 Å². The van der Waals surface area contributed by atoms with Gasteiger partial charge in [0, 0.05) is 32.1 Å². The average Bonchev–Trinajstić information content (AvgIpc) is 2.89. The highest BCUT2D eigenvalue weighted by molar-refractivity contribution is 5.88. The third-order valence-corrected chi connectivity index (χ3v) is 2.54. The summed E-state index contributed by atoms with van der Waals surface area (Å²) in [7, 11) is 0. The largest absolute Gasteiger partial charge is 0.343 e. The molecule has 1 aromatic heterocycles. The van der Waals surface area contributed by atoms with Crippen LogP contribution in [-0.2, 0) is 17.8 Å². The Morgan fingerprint density at radius 3 is 2.74 bits per heavy atom. The second kappa shape index (κ2) is 6.65. The highest BCUT2D eigenvalue weighted by atomic mass is 16.5. The molecule has 0 aliphatic heterocycles. The van der Waals surface area contributed by atoms with E-state index in [0.29, 0.717) is 5.82 Å². The van der Waals surface area contributed by atoms with E-state index in [1.165, 1.54) is 13.3 Å². The van der Waals surface area contributed by atoms with Crippen LogP contribution >= 0.6 is 0 Å². The van der Waals surface area contributed by atoms with Crippen LogP contribution in [0.5, 0.6) is 0 Å². The van der Waals surface area contributed by atoms with E-state index in [1.54, 1.807) is 0 Å². The molecule has 0 spiro atoms. The number of nitrogens with zero attached hydrogens (tertiary/aromatic N) is 2. The topological polar surface area (TPSA) is 80.0 Å². The molecule has 0 aliphatic rings. The van der Waals surface area contributed by atoms with Gasteiger partial charge in [-0.05, 0) is 17.7 Å². The van der Waals surface area contributed by atoms with Crippen LogP contribution in [0.2, 0.25) is 0 Å². The zero-order valence-electron chi connectivity index (χ0n) is 10.7. The van der Waals surface area contributed by atoms with Crippen LogP contribution in [0.1, 0.15) is 18.3 Å². The maximum absolute atomic E-state index is 10.9. The lowest BCUT2D eigenvalue weighted by atomic mass is 10.2. The number of anilines is 1.